The summed E-state index contributed by atoms with van der Waals surface area (Å²) in [6, 6.07) is 28.1. The number of esters is 2. The molecule has 3 aromatic rings. The second kappa shape index (κ2) is 9.51. The molecule has 4 nitrogen and oxygen atoms in total. The van der Waals surface area contributed by atoms with E-state index in [1.165, 1.54) is 6.92 Å². The number of carbonyl (C=O) groups is 2. The van der Waals surface area contributed by atoms with Crippen LogP contribution in [0.5, 0.6) is 0 Å². The molecule has 0 amide bonds. The molecule has 0 aliphatic carbocycles. The lowest BCUT2D eigenvalue weighted by molar-refractivity contribution is -0.167. The number of hydrogen-bond donors (Lipinski definition) is 0. The highest BCUT2D eigenvalue weighted by Crippen LogP contribution is 2.26. The molecule has 0 N–H and O–H groups in total. The van der Waals surface area contributed by atoms with E-state index in [9.17, 15) is 9.59 Å². The summed E-state index contributed by atoms with van der Waals surface area (Å²) in [5, 5.41) is 0. The van der Waals surface area contributed by atoms with Gasteiger partial charge in [-0.05, 0) is 23.6 Å². The Balaban J connectivity index is 1.68. The van der Waals surface area contributed by atoms with Gasteiger partial charge in [-0.3, -0.25) is 4.79 Å². The van der Waals surface area contributed by atoms with E-state index in [2.05, 4.69) is 0 Å². The Bertz CT molecular complexity index is 852. The van der Waals surface area contributed by atoms with Crippen LogP contribution in [-0.2, 0) is 25.7 Å². The molecule has 0 heterocycles. The highest BCUT2D eigenvalue weighted by Gasteiger charge is 2.28. The first kappa shape index (κ1) is 19.4. The lowest BCUT2D eigenvalue weighted by Crippen LogP contribution is -2.29. The van der Waals surface area contributed by atoms with E-state index in [-0.39, 0.29) is 6.61 Å². The zero-order valence-electron chi connectivity index (χ0n) is 15.7. The van der Waals surface area contributed by atoms with Crippen LogP contribution in [0.25, 0.3) is 0 Å². The molecule has 0 saturated carbocycles. The van der Waals surface area contributed by atoms with Crippen LogP contribution >= 0.6 is 0 Å². The third-order valence-electron chi connectivity index (χ3n) is 4.35. The van der Waals surface area contributed by atoms with Gasteiger partial charge in [0.1, 0.15) is 12.5 Å². The molecule has 3 aromatic carbocycles. The van der Waals surface area contributed by atoms with E-state index in [0.717, 1.165) is 16.7 Å². The summed E-state index contributed by atoms with van der Waals surface area (Å²) in [7, 11) is 0. The molecule has 0 radical (unpaired) electrons. The first-order valence-electron chi connectivity index (χ1n) is 9.16. The van der Waals surface area contributed by atoms with Crippen molar-refractivity contribution in [1.82, 2.24) is 0 Å². The molecule has 0 fully saturated rings. The highest BCUT2D eigenvalue weighted by molar-refractivity contribution is 5.85. The van der Waals surface area contributed by atoms with Crippen molar-refractivity contribution in [2.45, 2.75) is 25.6 Å². The Labute approximate surface area is 164 Å². The fraction of sp³-hybridized carbons (Fsp3) is 0.167. The minimum Gasteiger partial charge on any atom is -0.458 e. The van der Waals surface area contributed by atoms with Gasteiger partial charge in [0.05, 0.1) is 0 Å². The van der Waals surface area contributed by atoms with E-state index in [4.69, 9.17) is 9.47 Å². The fourth-order valence-electron chi connectivity index (χ4n) is 2.89. The lowest BCUT2D eigenvalue weighted by atomic mass is 9.91. The van der Waals surface area contributed by atoms with E-state index in [1.807, 2.05) is 91.0 Å². The summed E-state index contributed by atoms with van der Waals surface area (Å²) >= 11 is 0. The number of benzene rings is 3. The van der Waals surface area contributed by atoms with Crippen LogP contribution in [0.3, 0.4) is 0 Å². The van der Waals surface area contributed by atoms with Gasteiger partial charge < -0.3 is 9.47 Å². The topological polar surface area (TPSA) is 52.6 Å². The molecule has 0 saturated heterocycles. The van der Waals surface area contributed by atoms with Gasteiger partial charge >= 0.3 is 11.9 Å². The average molecular weight is 374 g/mol. The van der Waals surface area contributed by atoms with Gasteiger partial charge in [0.25, 0.3) is 0 Å². The summed E-state index contributed by atoms with van der Waals surface area (Å²) < 4.78 is 10.7. The number of carbonyl (C=O) groups excluding carboxylic acids is 2. The molecule has 0 bridgehead atoms. The summed E-state index contributed by atoms with van der Waals surface area (Å²) in [5.74, 6) is -1.66. The zero-order chi connectivity index (χ0) is 19.8. The van der Waals surface area contributed by atoms with Gasteiger partial charge in [0, 0.05) is 0 Å². The summed E-state index contributed by atoms with van der Waals surface area (Å²) in [4.78, 5) is 25.2. The van der Waals surface area contributed by atoms with Crippen molar-refractivity contribution < 1.29 is 19.1 Å². The molecule has 0 spiro atoms. The van der Waals surface area contributed by atoms with E-state index >= 15 is 0 Å². The normalized spacial score (nSPS) is 11.6. The van der Waals surface area contributed by atoms with Gasteiger partial charge in [0.15, 0.2) is 6.10 Å². The predicted octanol–water partition coefficient (Wildman–Crippen LogP) is 4.49. The molecule has 0 aromatic heterocycles. The second-order valence-electron chi connectivity index (χ2n) is 6.43. The maximum atomic E-state index is 12.9. The molecule has 142 valence electrons. The predicted molar refractivity (Wildman–Crippen MR) is 107 cm³/mol. The summed E-state index contributed by atoms with van der Waals surface area (Å²) in [6.07, 6.45) is -0.994. The van der Waals surface area contributed by atoms with E-state index < -0.39 is 24.0 Å². The van der Waals surface area contributed by atoms with Crippen LogP contribution in [0, 0.1) is 0 Å². The van der Waals surface area contributed by atoms with Crippen molar-refractivity contribution in [2.24, 2.45) is 0 Å². The van der Waals surface area contributed by atoms with E-state index in [0.29, 0.717) is 0 Å². The number of rotatable bonds is 7. The van der Waals surface area contributed by atoms with Crippen LogP contribution in [0.4, 0.5) is 0 Å². The number of ether oxygens (including phenoxy) is 2. The highest BCUT2D eigenvalue weighted by atomic mass is 16.6. The molecule has 3 rings (SSSR count). The Morgan fingerprint density at radius 3 is 1.68 bits per heavy atom. The minimum absolute atomic E-state index is 0.141. The molecule has 1 unspecified atom stereocenters. The van der Waals surface area contributed by atoms with Crippen LogP contribution in [0.2, 0.25) is 0 Å². The van der Waals surface area contributed by atoms with Crippen molar-refractivity contribution in [3.8, 4) is 0 Å². The second-order valence-corrected chi connectivity index (χ2v) is 6.43. The Kier molecular flexibility index (Phi) is 6.58. The molecule has 0 aliphatic heterocycles. The maximum Gasteiger partial charge on any atom is 0.347 e. The molecule has 4 heteroatoms. The van der Waals surface area contributed by atoms with Gasteiger partial charge in [0.2, 0.25) is 0 Å². The van der Waals surface area contributed by atoms with Crippen LogP contribution < -0.4 is 0 Å². The molecule has 28 heavy (non-hydrogen) atoms. The Morgan fingerprint density at radius 2 is 1.18 bits per heavy atom. The van der Waals surface area contributed by atoms with Gasteiger partial charge in [-0.15, -0.1) is 0 Å². The minimum atomic E-state index is -0.994. The van der Waals surface area contributed by atoms with Crippen molar-refractivity contribution in [3.05, 3.63) is 108 Å². The van der Waals surface area contributed by atoms with Gasteiger partial charge in [-0.25, -0.2) is 4.79 Å². The van der Waals surface area contributed by atoms with Crippen LogP contribution in [0.15, 0.2) is 91.0 Å². The molecule has 1 atom stereocenters. The SMILES string of the molecule is CC(OC(=O)C(c1ccccc1)c1ccccc1)C(=O)OCc1ccccc1. The molecule has 0 aliphatic rings. The lowest BCUT2D eigenvalue weighted by Gasteiger charge is -2.19. The largest absolute Gasteiger partial charge is 0.458 e. The quantitative estimate of drug-likeness (QED) is 0.572. The third-order valence-corrected chi connectivity index (χ3v) is 4.35. The third kappa shape index (κ3) is 5.07. The average Bonchev–Trinajstić information content (AvgIpc) is 2.74. The van der Waals surface area contributed by atoms with Crippen LogP contribution in [0.1, 0.15) is 29.5 Å². The van der Waals surface area contributed by atoms with E-state index in [1.54, 1.807) is 0 Å². The van der Waals surface area contributed by atoms with Crippen molar-refractivity contribution in [1.29, 1.82) is 0 Å². The summed E-state index contributed by atoms with van der Waals surface area (Å²) in [6.45, 7) is 1.67. The first-order valence-corrected chi connectivity index (χ1v) is 9.16. The van der Waals surface area contributed by atoms with Crippen molar-refractivity contribution in [2.75, 3.05) is 0 Å². The van der Waals surface area contributed by atoms with Crippen LogP contribution in [-0.4, -0.2) is 18.0 Å². The smallest absolute Gasteiger partial charge is 0.347 e. The molecular weight excluding hydrogens is 352 g/mol. The zero-order valence-corrected chi connectivity index (χ0v) is 15.7. The Hall–Kier alpha value is -3.40. The first-order chi connectivity index (χ1) is 13.6. The monoisotopic (exact) mass is 374 g/mol. The fourth-order valence-corrected chi connectivity index (χ4v) is 2.89. The molecular formula is C24H22O4. The van der Waals surface area contributed by atoms with Crippen molar-refractivity contribution in [3.63, 3.8) is 0 Å². The maximum absolute atomic E-state index is 12.9. The standard InChI is InChI=1S/C24H22O4/c1-18(23(25)27-17-19-11-5-2-6-12-19)28-24(26)22(20-13-7-3-8-14-20)21-15-9-4-10-16-21/h2-16,18,22H,17H2,1H3. The van der Waals surface area contributed by atoms with Gasteiger partial charge in [-0.1, -0.05) is 91.0 Å². The Morgan fingerprint density at radius 1 is 0.714 bits per heavy atom. The number of hydrogen-bond acceptors (Lipinski definition) is 4. The summed E-state index contributed by atoms with van der Waals surface area (Å²) in [5.41, 5.74) is 2.49. The van der Waals surface area contributed by atoms with Gasteiger partial charge in [-0.2, -0.15) is 0 Å². The van der Waals surface area contributed by atoms with Crippen molar-refractivity contribution >= 4 is 11.9 Å².